The van der Waals surface area contributed by atoms with Gasteiger partial charge in [-0.2, -0.15) is 10.4 Å². The minimum Gasteiger partial charge on any atom is -0.495 e. The monoisotopic (exact) mass is 485 g/mol. The Morgan fingerprint density at radius 2 is 1.72 bits per heavy atom. The second-order valence-corrected chi connectivity index (χ2v) is 7.99. The number of benzene rings is 3. The number of methoxy groups -OCH3 is 1. The fraction of sp³-hybridized carbons (Fsp3) is 0.125. The lowest BCUT2D eigenvalue weighted by Crippen LogP contribution is -2.22. The molecule has 3 aromatic carbocycles. The first-order valence-corrected chi connectivity index (χ1v) is 10.6. The van der Waals surface area contributed by atoms with E-state index in [1.165, 1.54) is 19.0 Å². The van der Waals surface area contributed by atoms with Crippen LogP contribution in [-0.2, 0) is 4.79 Å². The lowest BCUT2D eigenvalue weighted by Gasteiger charge is -2.20. The molecule has 0 saturated carbocycles. The first kappa shape index (κ1) is 23.6. The van der Waals surface area contributed by atoms with Gasteiger partial charge in [0.2, 0.25) is 5.91 Å². The molecule has 0 N–H and O–H groups in total. The molecule has 0 aliphatic rings. The van der Waals surface area contributed by atoms with E-state index < -0.39 is 5.92 Å². The van der Waals surface area contributed by atoms with Gasteiger partial charge < -0.3 is 4.74 Å². The van der Waals surface area contributed by atoms with E-state index in [1.54, 1.807) is 36.5 Å². The fourth-order valence-corrected chi connectivity index (χ4v) is 4.01. The average molecular weight is 487 g/mol. The summed E-state index contributed by atoms with van der Waals surface area (Å²) in [6.45, 7) is 1.39. The zero-order chi connectivity index (χ0) is 23.3. The maximum atomic E-state index is 12.2. The normalized spacial score (nSPS) is 11.8. The van der Waals surface area contributed by atoms with Crippen LogP contribution in [0.2, 0.25) is 15.1 Å². The third-order valence-corrected chi connectivity index (χ3v) is 5.59. The smallest absolute Gasteiger partial charge is 0.244 e. The van der Waals surface area contributed by atoms with Crippen LogP contribution in [0.5, 0.6) is 5.75 Å². The highest BCUT2D eigenvalue weighted by Gasteiger charge is 2.23. The van der Waals surface area contributed by atoms with Crippen molar-refractivity contribution in [3.8, 4) is 11.8 Å². The van der Waals surface area contributed by atoms with Crippen LogP contribution in [0, 0.1) is 11.3 Å². The van der Waals surface area contributed by atoms with Gasteiger partial charge >= 0.3 is 0 Å². The summed E-state index contributed by atoms with van der Waals surface area (Å²) >= 11 is 19.2. The van der Waals surface area contributed by atoms with Crippen molar-refractivity contribution in [2.45, 2.75) is 12.8 Å². The largest absolute Gasteiger partial charge is 0.495 e. The molecule has 0 radical (unpaired) electrons. The number of nitriles is 1. The lowest BCUT2D eigenvalue weighted by molar-refractivity contribution is -0.116. The second-order valence-electron chi connectivity index (χ2n) is 6.77. The zero-order valence-corrected chi connectivity index (χ0v) is 19.5. The van der Waals surface area contributed by atoms with Gasteiger partial charge in [-0.15, -0.1) is 0 Å². The average Bonchev–Trinajstić information content (AvgIpc) is 2.77. The van der Waals surface area contributed by atoms with Crippen molar-refractivity contribution < 1.29 is 9.53 Å². The zero-order valence-electron chi connectivity index (χ0n) is 17.2. The summed E-state index contributed by atoms with van der Waals surface area (Å²) < 4.78 is 5.25. The number of anilines is 1. The Bertz CT molecular complexity index is 1180. The van der Waals surface area contributed by atoms with Crippen molar-refractivity contribution in [1.29, 1.82) is 5.26 Å². The molecule has 0 spiro atoms. The van der Waals surface area contributed by atoms with Crippen molar-refractivity contribution >= 4 is 52.6 Å². The maximum absolute atomic E-state index is 12.2. The molecule has 0 heterocycles. The van der Waals surface area contributed by atoms with Gasteiger partial charge in [-0.1, -0.05) is 71.2 Å². The standard InChI is InChI=1S/C24H18Cl3N3O2/c1-15(31)30(29-14-16-6-4-3-5-7-16)18-11-21(26)24(22(27)12-18)19(13-28)17-8-9-20(25)23(10-17)32-2/h3-12,14,19H,1-2H3. The van der Waals surface area contributed by atoms with Gasteiger partial charge in [0.1, 0.15) is 5.75 Å². The van der Waals surface area contributed by atoms with Crippen LogP contribution in [0.3, 0.4) is 0 Å². The summed E-state index contributed by atoms with van der Waals surface area (Å²) in [4.78, 5) is 12.2. The molecule has 1 atom stereocenters. The highest BCUT2D eigenvalue weighted by Crippen LogP contribution is 2.40. The van der Waals surface area contributed by atoms with E-state index in [9.17, 15) is 10.1 Å². The first-order valence-electron chi connectivity index (χ1n) is 9.47. The molecule has 3 rings (SSSR count). The number of hydrogen-bond acceptors (Lipinski definition) is 4. The molecule has 0 saturated heterocycles. The number of carbonyl (C=O) groups excluding carboxylic acids is 1. The quantitative estimate of drug-likeness (QED) is 0.288. The van der Waals surface area contributed by atoms with Gasteiger partial charge in [-0.05, 0) is 35.4 Å². The van der Waals surface area contributed by atoms with Gasteiger partial charge in [0.05, 0.1) is 36.0 Å². The summed E-state index contributed by atoms with van der Waals surface area (Å²) in [5, 5.41) is 16.2. The Morgan fingerprint density at radius 1 is 1.06 bits per heavy atom. The number of ether oxygens (including phenoxy) is 1. The third kappa shape index (κ3) is 5.23. The van der Waals surface area contributed by atoms with Gasteiger partial charge in [-0.25, -0.2) is 5.01 Å². The Hall–Kier alpha value is -3.04. The molecule has 0 fully saturated rings. The Kier molecular flexibility index (Phi) is 7.76. The molecule has 0 aliphatic carbocycles. The number of halogens is 3. The molecule has 8 heteroatoms. The molecule has 1 amide bonds. The number of hydrazone groups is 1. The van der Waals surface area contributed by atoms with Gasteiger partial charge in [0.25, 0.3) is 0 Å². The summed E-state index contributed by atoms with van der Waals surface area (Å²) in [5.74, 6) is -0.656. The maximum Gasteiger partial charge on any atom is 0.244 e. The molecule has 0 aromatic heterocycles. The minimum atomic E-state index is -0.770. The summed E-state index contributed by atoms with van der Waals surface area (Å²) in [6.07, 6.45) is 1.56. The lowest BCUT2D eigenvalue weighted by atomic mass is 9.92. The van der Waals surface area contributed by atoms with E-state index in [0.717, 1.165) is 5.56 Å². The number of hydrogen-bond donors (Lipinski definition) is 0. The molecule has 0 aliphatic heterocycles. The van der Waals surface area contributed by atoms with Crippen LogP contribution < -0.4 is 9.75 Å². The molecule has 0 bridgehead atoms. The van der Waals surface area contributed by atoms with E-state index >= 15 is 0 Å². The van der Waals surface area contributed by atoms with Crippen molar-refractivity contribution in [3.05, 3.63) is 92.4 Å². The van der Waals surface area contributed by atoms with Gasteiger partial charge in [-0.3, -0.25) is 4.79 Å². The molecular formula is C24H18Cl3N3O2. The predicted octanol–water partition coefficient (Wildman–Crippen LogP) is 6.70. The molecular weight excluding hydrogens is 469 g/mol. The Labute approximate surface area is 201 Å². The van der Waals surface area contributed by atoms with E-state index in [4.69, 9.17) is 39.5 Å². The van der Waals surface area contributed by atoms with Crippen molar-refractivity contribution in [3.63, 3.8) is 0 Å². The highest BCUT2D eigenvalue weighted by molar-refractivity contribution is 6.37. The third-order valence-electron chi connectivity index (χ3n) is 4.65. The second kappa shape index (κ2) is 10.5. The van der Waals surface area contributed by atoms with E-state index in [-0.39, 0.29) is 16.0 Å². The Morgan fingerprint density at radius 3 is 2.28 bits per heavy atom. The highest BCUT2D eigenvalue weighted by atomic mass is 35.5. The molecule has 32 heavy (non-hydrogen) atoms. The molecule has 5 nitrogen and oxygen atoms in total. The minimum absolute atomic E-state index is 0.231. The van der Waals surface area contributed by atoms with Crippen LogP contribution in [0.15, 0.2) is 65.8 Å². The van der Waals surface area contributed by atoms with Crippen LogP contribution in [0.25, 0.3) is 0 Å². The van der Waals surface area contributed by atoms with Crippen LogP contribution >= 0.6 is 34.8 Å². The summed E-state index contributed by atoms with van der Waals surface area (Å²) in [5.41, 5.74) is 2.25. The Balaban J connectivity index is 2.01. The number of amides is 1. The van der Waals surface area contributed by atoms with Crippen LogP contribution in [0.4, 0.5) is 5.69 Å². The van der Waals surface area contributed by atoms with Gasteiger partial charge in [0, 0.05) is 22.5 Å². The van der Waals surface area contributed by atoms with Crippen LogP contribution in [-0.4, -0.2) is 19.2 Å². The van der Waals surface area contributed by atoms with Crippen molar-refractivity contribution in [2.24, 2.45) is 5.10 Å². The number of carbonyl (C=O) groups is 1. The van der Waals surface area contributed by atoms with Crippen LogP contribution in [0.1, 0.15) is 29.5 Å². The fourth-order valence-electron chi connectivity index (χ4n) is 3.12. The SMILES string of the molecule is COc1cc(C(C#N)c2c(Cl)cc(N(N=Cc3ccccc3)C(C)=O)cc2Cl)ccc1Cl. The molecule has 162 valence electrons. The number of rotatable bonds is 6. The topological polar surface area (TPSA) is 65.7 Å². The van der Waals surface area contributed by atoms with E-state index in [2.05, 4.69) is 11.2 Å². The summed E-state index contributed by atoms with van der Waals surface area (Å²) in [6, 6.07) is 19.7. The van der Waals surface area contributed by atoms with Gasteiger partial charge in [0.15, 0.2) is 0 Å². The van der Waals surface area contributed by atoms with E-state index in [1.807, 2.05) is 30.3 Å². The van der Waals surface area contributed by atoms with Crippen molar-refractivity contribution in [2.75, 3.05) is 12.1 Å². The summed E-state index contributed by atoms with van der Waals surface area (Å²) in [7, 11) is 1.49. The van der Waals surface area contributed by atoms with Crippen molar-refractivity contribution in [1.82, 2.24) is 0 Å². The molecule has 3 aromatic rings. The predicted molar refractivity (Wildman–Crippen MR) is 129 cm³/mol. The first-order chi connectivity index (χ1) is 15.3. The molecule has 1 unspecified atom stereocenters. The van der Waals surface area contributed by atoms with E-state index in [0.29, 0.717) is 27.6 Å². The number of nitrogens with zero attached hydrogens (tertiary/aromatic N) is 3.